The summed E-state index contributed by atoms with van der Waals surface area (Å²) in [5, 5.41) is 6.65. The van der Waals surface area contributed by atoms with Crippen molar-refractivity contribution in [3.63, 3.8) is 0 Å². The number of nitrogens with one attached hydrogen (secondary N) is 2. The first-order chi connectivity index (χ1) is 16.1. The second-order valence-electron chi connectivity index (χ2n) is 7.69. The highest BCUT2D eigenvalue weighted by atomic mass is 35.5. The zero-order valence-electron chi connectivity index (χ0n) is 17.2. The van der Waals surface area contributed by atoms with Gasteiger partial charge in [0.1, 0.15) is 4.33 Å². The lowest BCUT2D eigenvalue weighted by Gasteiger charge is -2.11. The van der Waals surface area contributed by atoms with E-state index in [4.69, 9.17) is 64.4 Å². The van der Waals surface area contributed by atoms with Crippen LogP contribution in [0.3, 0.4) is 0 Å². The van der Waals surface area contributed by atoms with E-state index in [1.54, 1.807) is 60.7 Å². The van der Waals surface area contributed by atoms with Gasteiger partial charge in [0.2, 0.25) is 5.91 Å². The first-order valence-corrected chi connectivity index (χ1v) is 11.8. The van der Waals surface area contributed by atoms with Crippen LogP contribution in [0.1, 0.15) is 27.4 Å². The summed E-state index contributed by atoms with van der Waals surface area (Å²) in [7, 11) is 0. The molecule has 0 bridgehead atoms. The summed E-state index contributed by atoms with van der Waals surface area (Å²) in [4.78, 5) is 25.6. The van der Waals surface area contributed by atoms with Crippen molar-refractivity contribution < 1.29 is 9.59 Å². The third-order valence-corrected chi connectivity index (χ3v) is 7.08. The molecule has 1 aliphatic carbocycles. The number of alkyl halides is 2. The summed E-state index contributed by atoms with van der Waals surface area (Å²) in [6, 6.07) is 16.2. The number of carbonyl (C=O) groups excluding carboxylic acids is 2. The molecule has 1 saturated carbocycles. The quantitative estimate of drug-likeness (QED) is 0.256. The molecule has 0 saturated heterocycles. The van der Waals surface area contributed by atoms with Crippen LogP contribution in [0, 0.1) is 18.3 Å². The summed E-state index contributed by atoms with van der Waals surface area (Å²) in [5.74, 6) is 0.508. The van der Waals surface area contributed by atoms with Crippen molar-refractivity contribution in [3.05, 3.63) is 92.4 Å². The van der Waals surface area contributed by atoms with Crippen molar-refractivity contribution in [1.29, 1.82) is 0 Å². The summed E-state index contributed by atoms with van der Waals surface area (Å²) < 4.78 is -1.31. The van der Waals surface area contributed by atoms with Crippen LogP contribution < -0.4 is 10.6 Å². The van der Waals surface area contributed by atoms with E-state index in [1.165, 1.54) is 0 Å². The first-order valence-electron chi connectivity index (χ1n) is 9.92. The molecule has 0 heterocycles. The molecule has 3 aromatic rings. The lowest BCUT2D eigenvalue weighted by atomic mass is 10.1. The highest BCUT2D eigenvalue weighted by molar-refractivity contribution is 6.53. The molecule has 1 aliphatic rings. The molecule has 4 nitrogen and oxygen atoms in total. The number of terminal acetylenes is 1. The van der Waals surface area contributed by atoms with Crippen molar-refractivity contribution in [2.75, 3.05) is 10.6 Å². The predicted octanol–water partition coefficient (Wildman–Crippen LogP) is 7.41. The fraction of sp³-hybridized carbons (Fsp3) is 0.120. The van der Waals surface area contributed by atoms with Crippen LogP contribution >= 0.6 is 58.0 Å². The Morgan fingerprint density at radius 2 is 1.53 bits per heavy atom. The smallest absolute Gasteiger partial charge is 0.255 e. The van der Waals surface area contributed by atoms with Crippen molar-refractivity contribution in [1.82, 2.24) is 0 Å². The number of benzene rings is 3. The summed E-state index contributed by atoms with van der Waals surface area (Å²) in [6.45, 7) is 0. The zero-order valence-corrected chi connectivity index (χ0v) is 21.0. The number of rotatable bonds is 5. The van der Waals surface area contributed by atoms with Gasteiger partial charge in [-0.05, 0) is 66.2 Å². The van der Waals surface area contributed by atoms with Crippen LogP contribution in [0.4, 0.5) is 11.4 Å². The molecule has 1 fully saturated rings. The minimum Gasteiger partial charge on any atom is -0.326 e. The van der Waals surface area contributed by atoms with Gasteiger partial charge in [0.05, 0.1) is 16.6 Å². The van der Waals surface area contributed by atoms with Gasteiger partial charge in [-0.1, -0.05) is 40.7 Å². The van der Waals surface area contributed by atoms with Crippen LogP contribution in [0.2, 0.25) is 15.1 Å². The lowest BCUT2D eigenvalue weighted by molar-refractivity contribution is -0.117. The number of anilines is 2. The minimum atomic E-state index is -1.31. The maximum atomic E-state index is 13.0. The van der Waals surface area contributed by atoms with Crippen LogP contribution in [0.15, 0.2) is 60.7 Å². The van der Waals surface area contributed by atoms with Crippen LogP contribution in [-0.2, 0) is 4.79 Å². The van der Waals surface area contributed by atoms with E-state index in [0.29, 0.717) is 43.1 Å². The molecule has 0 aliphatic heterocycles. The molecule has 172 valence electrons. The molecular formula is C25H15Cl5N2O2. The topological polar surface area (TPSA) is 58.2 Å². The average molecular weight is 553 g/mol. The number of hydrogen-bond donors (Lipinski definition) is 2. The SMILES string of the molecule is C#Cc1ccc(C(=O)Nc2cc(NC(=O)[C@H]3[C@H](c4cc(Cl)cc(Cl)c4)C3(Cl)Cl)ccc2Cl)cc1. The maximum Gasteiger partial charge on any atom is 0.255 e. The Morgan fingerprint density at radius 1 is 0.882 bits per heavy atom. The molecule has 2 amide bonds. The molecule has 3 aromatic carbocycles. The number of halogens is 5. The van der Waals surface area contributed by atoms with Crippen molar-refractivity contribution in [2.24, 2.45) is 5.92 Å². The predicted molar refractivity (Wildman–Crippen MR) is 140 cm³/mol. The number of amides is 2. The van der Waals surface area contributed by atoms with Gasteiger partial charge in [0.15, 0.2) is 0 Å². The number of hydrogen-bond acceptors (Lipinski definition) is 2. The molecular weight excluding hydrogens is 538 g/mol. The lowest BCUT2D eigenvalue weighted by Crippen LogP contribution is -2.17. The van der Waals surface area contributed by atoms with Gasteiger partial charge >= 0.3 is 0 Å². The standard InChI is InChI=1S/C25H15Cl5N2O2/c1-2-13-3-5-14(6-4-13)23(33)32-20-12-18(7-8-19(20)28)31-24(34)22-21(25(22,29)30)15-9-16(26)11-17(27)10-15/h1,3-12,21-22H,(H,31,34)(H,32,33)/t21-,22+/m0/s1. The van der Waals surface area contributed by atoms with E-state index >= 15 is 0 Å². The van der Waals surface area contributed by atoms with E-state index in [0.717, 1.165) is 0 Å². The Bertz CT molecular complexity index is 1310. The summed E-state index contributed by atoms with van der Waals surface area (Å²) in [5.41, 5.74) is 2.46. The molecule has 4 rings (SSSR count). The van der Waals surface area contributed by atoms with Crippen molar-refractivity contribution in [3.8, 4) is 12.3 Å². The van der Waals surface area contributed by atoms with Gasteiger partial charge in [-0.2, -0.15) is 0 Å². The van der Waals surface area contributed by atoms with E-state index in [1.807, 2.05) is 0 Å². The van der Waals surface area contributed by atoms with Crippen molar-refractivity contribution in [2.45, 2.75) is 10.3 Å². The van der Waals surface area contributed by atoms with Gasteiger partial charge < -0.3 is 10.6 Å². The molecule has 0 spiro atoms. The minimum absolute atomic E-state index is 0.300. The van der Waals surface area contributed by atoms with E-state index in [9.17, 15) is 9.59 Å². The average Bonchev–Trinajstić information content (AvgIpc) is 3.37. The molecule has 9 heteroatoms. The molecule has 2 atom stereocenters. The Kier molecular flexibility index (Phi) is 7.05. The van der Waals surface area contributed by atoms with Gasteiger partial charge in [0.25, 0.3) is 5.91 Å². The fourth-order valence-corrected chi connectivity index (χ4v) is 5.19. The second kappa shape index (κ2) is 9.70. The first kappa shape index (κ1) is 24.7. The summed E-state index contributed by atoms with van der Waals surface area (Å²) >= 11 is 31.2. The molecule has 2 N–H and O–H groups in total. The number of carbonyl (C=O) groups is 2. The van der Waals surface area contributed by atoms with Crippen LogP contribution in [0.25, 0.3) is 0 Å². The van der Waals surface area contributed by atoms with Crippen molar-refractivity contribution >= 4 is 81.2 Å². The van der Waals surface area contributed by atoms with Gasteiger partial charge in [-0.3, -0.25) is 9.59 Å². The largest absolute Gasteiger partial charge is 0.326 e. The van der Waals surface area contributed by atoms with Crippen LogP contribution in [0.5, 0.6) is 0 Å². The Morgan fingerprint density at radius 3 is 2.15 bits per heavy atom. The van der Waals surface area contributed by atoms with E-state index in [2.05, 4.69) is 16.6 Å². The zero-order chi connectivity index (χ0) is 24.6. The summed E-state index contributed by atoms with van der Waals surface area (Å²) in [6.07, 6.45) is 5.34. The normalized spacial score (nSPS) is 18.0. The van der Waals surface area contributed by atoms with E-state index < -0.39 is 22.1 Å². The van der Waals surface area contributed by atoms with Crippen LogP contribution in [-0.4, -0.2) is 16.1 Å². The van der Waals surface area contributed by atoms with Gasteiger partial charge in [-0.15, -0.1) is 29.6 Å². The fourth-order valence-electron chi connectivity index (χ4n) is 3.65. The Hall–Kier alpha value is -2.39. The third-order valence-electron chi connectivity index (χ3n) is 5.38. The molecule has 0 aromatic heterocycles. The maximum absolute atomic E-state index is 13.0. The monoisotopic (exact) mass is 550 g/mol. The molecule has 34 heavy (non-hydrogen) atoms. The highest BCUT2D eigenvalue weighted by Crippen LogP contribution is 2.65. The molecule has 0 radical (unpaired) electrons. The third kappa shape index (κ3) is 5.15. The van der Waals surface area contributed by atoms with Gasteiger partial charge in [-0.25, -0.2) is 0 Å². The Labute approximate surface area is 221 Å². The molecule has 0 unspecified atom stereocenters. The van der Waals surface area contributed by atoms with Gasteiger partial charge in [0, 0.05) is 32.8 Å². The highest BCUT2D eigenvalue weighted by Gasteiger charge is 2.67. The second-order valence-corrected chi connectivity index (χ2v) is 10.4. The Balaban J connectivity index is 1.49. The van der Waals surface area contributed by atoms with E-state index in [-0.39, 0.29) is 5.91 Å².